The van der Waals surface area contributed by atoms with E-state index in [9.17, 15) is 0 Å². The molecule has 0 radical (unpaired) electrons. The van der Waals surface area contributed by atoms with Gasteiger partial charge in [0, 0.05) is 29.7 Å². The molecule has 25 heavy (non-hydrogen) atoms. The van der Waals surface area contributed by atoms with Gasteiger partial charge in [-0.2, -0.15) is 5.26 Å². The Morgan fingerprint density at radius 1 is 1.00 bits per heavy atom. The Labute approximate surface area is 149 Å². The van der Waals surface area contributed by atoms with Crippen molar-refractivity contribution < 1.29 is 0 Å². The van der Waals surface area contributed by atoms with Crippen LogP contribution in [-0.2, 0) is 6.54 Å². The van der Waals surface area contributed by atoms with Crippen LogP contribution in [-0.4, -0.2) is 10.1 Å². The average molecular weight is 331 g/mol. The Morgan fingerprint density at radius 2 is 1.64 bits per heavy atom. The molecule has 4 aliphatic carbocycles. The van der Waals surface area contributed by atoms with E-state index in [-0.39, 0.29) is 0 Å². The van der Waals surface area contributed by atoms with E-state index in [1.807, 2.05) is 24.3 Å². The Bertz CT molecular complexity index is 773. The van der Waals surface area contributed by atoms with E-state index < -0.39 is 0 Å². The number of hydrogen-bond donors (Lipinski definition) is 1. The molecule has 0 amide bonds. The van der Waals surface area contributed by atoms with Gasteiger partial charge in [-0.25, -0.2) is 0 Å². The molecule has 0 spiro atoms. The first kappa shape index (κ1) is 15.2. The third-order valence-corrected chi connectivity index (χ3v) is 6.79. The molecule has 0 saturated heterocycles. The van der Waals surface area contributed by atoms with E-state index in [4.69, 9.17) is 5.26 Å². The van der Waals surface area contributed by atoms with E-state index in [0.717, 1.165) is 30.0 Å². The number of aromatic nitrogens is 1. The zero-order chi connectivity index (χ0) is 16.9. The predicted octanol–water partition coefficient (Wildman–Crippen LogP) is 4.41. The van der Waals surface area contributed by atoms with Gasteiger partial charge < -0.3 is 9.88 Å². The van der Waals surface area contributed by atoms with Gasteiger partial charge in [0.15, 0.2) is 0 Å². The van der Waals surface area contributed by atoms with Gasteiger partial charge in [0.25, 0.3) is 0 Å². The number of nitrogens with zero attached hydrogens (tertiary/aromatic N) is 2. The topological polar surface area (TPSA) is 40.8 Å². The van der Waals surface area contributed by atoms with Crippen LogP contribution in [0.2, 0.25) is 0 Å². The molecular weight excluding hydrogens is 306 g/mol. The number of nitrogens with one attached hydrogen (secondary N) is 1. The van der Waals surface area contributed by atoms with Crippen LogP contribution < -0.4 is 5.32 Å². The quantitative estimate of drug-likeness (QED) is 0.901. The Balaban J connectivity index is 1.34. The smallest absolute Gasteiger partial charge is 0.0991 e. The third kappa shape index (κ3) is 2.69. The van der Waals surface area contributed by atoms with Crippen LogP contribution >= 0.6 is 0 Å². The van der Waals surface area contributed by atoms with Crippen molar-refractivity contribution >= 4 is 0 Å². The second-order valence-corrected chi connectivity index (χ2v) is 8.58. The maximum Gasteiger partial charge on any atom is 0.0991 e. The lowest BCUT2D eigenvalue weighted by atomic mass is 9.53. The highest BCUT2D eigenvalue weighted by Crippen LogP contribution is 2.55. The fourth-order valence-corrected chi connectivity index (χ4v) is 6.11. The van der Waals surface area contributed by atoms with Crippen molar-refractivity contribution in [3.63, 3.8) is 0 Å². The molecule has 4 fully saturated rings. The molecule has 2 aromatic rings. The van der Waals surface area contributed by atoms with E-state index in [1.54, 1.807) is 0 Å². The molecule has 1 heterocycles. The van der Waals surface area contributed by atoms with Crippen LogP contribution in [0.15, 0.2) is 42.6 Å². The SMILES string of the molecule is N#Cc1ccc(-n2cccc2CNC23CC4CC(CC(C4)C2)C3)cc1. The van der Waals surface area contributed by atoms with Crippen molar-refractivity contribution in [3.05, 3.63) is 53.9 Å². The molecule has 0 aliphatic heterocycles. The molecule has 4 aliphatic rings. The summed E-state index contributed by atoms with van der Waals surface area (Å²) in [6, 6.07) is 14.4. The lowest BCUT2D eigenvalue weighted by molar-refractivity contribution is -0.0207. The van der Waals surface area contributed by atoms with Gasteiger partial charge >= 0.3 is 0 Å². The molecule has 1 aromatic carbocycles. The first-order chi connectivity index (χ1) is 12.2. The predicted molar refractivity (Wildman–Crippen MR) is 98.2 cm³/mol. The Morgan fingerprint density at radius 3 is 2.24 bits per heavy atom. The minimum absolute atomic E-state index is 0.397. The number of hydrogen-bond acceptors (Lipinski definition) is 2. The fraction of sp³-hybridized carbons (Fsp3) is 0.500. The number of rotatable bonds is 4. The summed E-state index contributed by atoms with van der Waals surface area (Å²) in [5, 5.41) is 13.0. The molecule has 128 valence electrons. The van der Waals surface area contributed by atoms with Crippen LogP contribution in [0.4, 0.5) is 0 Å². The van der Waals surface area contributed by atoms with Crippen molar-refractivity contribution in [3.8, 4) is 11.8 Å². The van der Waals surface area contributed by atoms with E-state index in [1.165, 1.54) is 44.2 Å². The molecule has 4 bridgehead atoms. The maximum atomic E-state index is 8.98. The zero-order valence-electron chi connectivity index (χ0n) is 14.6. The van der Waals surface area contributed by atoms with Crippen molar-refractivity contribution in [2.75, 3.05) is 0 Å². The molecule has 1 aromatic heterocycles. The first-order valence-corrected chi connectivity index (χ1v) is 9.65. The normalized spacial score (nSPS) is 32.7. The summed E-state index contributed by atoms with van der Waals surface area (Å²) in [5.41, 5.74) is 3.55. The van der Waals surface area contributed by atoms with Crippen molar-refractivity contribution in [2.45, 2.75) is 50.6 Å². The molecule has 3 heteroatoms. The fourth-order valence-electron chi connectivity index (χ4n) is 6.11. The monoisotopic (exact) mass is 331 g/mol. The lowest BCUT2D eigenvalue weighted by Gasteiger charge is -2.57. The van der Waals surface area contributed by atoms with Gasteiger partial charge in [-0.3, -0.25) is 0 Å². The second-order valence-electron chi connectivity index (χ2n) is 8.58. The van der Waals surface area contributed by atoms with Crippen LogP contribution in [0.3, 0.4) is 0 Å². The van der Waals surface area contributed by atoms with Crippen LogP contribution in [0.25, 0.3) is 5.69 Å². The van der Waals surface area contributed by atoms with Crippen LogP contribution in [0.5, 0.6) is 0 Å². The van der Waals surface area contributed by atoms with Crippen LogP contribution in [0, 0.1) is 29.1 Å². The number of benzene rings is 1. The minimum Gasteiger partial charge on any atom is -0.320 e. The van der Waals surface area contributed by atoms with Gasteiger partial charge in [-0.1, -0.05) is 0 Å². The standard InChI is InChI=1S/C22H25N3/c23-14-16-3-5-20(6-4-16)25-7-1-2-21(25)15-24-22-11-17-8-18(12-22)10-19(9-17)13-22/h1-7,17-19,24H,8-13,15H2. The van der Waals surface area contributed by atoms with Crippen LogP contribution in [0.1, 0.15) is 49.8 Å². The summed E-state index contributed by atoms with van der Waals surface area (Å²) < 4.78 is 2.24. The van der Waals surface area contributed by atoms with Gasteiger partial charge in [-0.15, -0.1) is 0 Å². The molecule has 0 unspecified atom stereocenters. The number of nitriles is 1. The average Bonchev–Trinajstić information content (AvgIpc) is 3.08. The van der Waals surface area contributed by atoms with Gasteiger partial charge in [0.2, 0.25) is 0 Å². The lowest BCUT2D eigenvalue weighted by Crippen LogP contribution is -2.58. The summed E-state index contributed by atoms with van der Waals surface area (Å²) in [7, 11) is 0. The molecule has 0 atom stereocenters. The highest BCUT2D eigenvalue weighted by molar-refractivity contribution is 5.41. The first-order valence-electron chi connectivity index (χ1n) is 9.65. The van der Waals surface area contributed by atoms with Gasteiger partial charge in [0.05, 0.1) is 11.6 Å². The highest BCUT2D eigenvalue weighted by atomic mass is 15.0. The van der Waals surface area contributed by atoms with Gasteiger partial charge in [-0.05, 0) is 92.7 Å². The molecule has 4 saturated carbocycles. The maximum absolute atomic E-state index is 8.98. The van der Waals surface area contributed by atoms with Crippen molar-refractivity contribution in [1.29, 1.82) is 5.26 Å². The molecule has 6 rings (SSSR count). The van der Waals surface area contributed by atoms with E-state index in [0.29, 0.717) is 11.1 Å². The van der Waals surface area contributed by atoms with E-state index >= 15 is 0 Å². The largest absolute Gasteiger partial charge is 0.320 e. The highest BCUT2D eigenvalue weighted by Gasteiger charge is 2.50. The zero-order valence-corrected chi connectivity index (χ0v) is 14.6. The van der Waals surface area contributed by atoms with Crippen molar-refractivity contribution in [2.24, 2.45) is 17.8 Å². The van der Waals surface area contributed by atoms with Crippen molar-refractivity contribution in [1.82, 2.24) is 9.88 Å². The molecule has 3 nitrogen and oxygen atoms in total. The second kappa shape index (κ2) is 5.75. The molecular formula is C22H25N3. The summed E-state index contributed by atoms with van der Waals surface area (Å²) >= 11 is 0. The van der Waals surface area contributed by atoms with E-state index in [2.05, 4.69) is 34.3 Å². The van der Waals surface area contributed by atoms with Gasteiger partial charge in [0.1, 0.15) is 0 Å². The molecule has 1 N–H and O–H groups in total. The third-order valence-electron chi connectivity index (χ3n) is 6.79. The Hall–Kier alpha value is -2.05. The summed E-state index contributed by atoms with van der Waals surface area (Å²) in [5.74, 6) is 2.93. The Kier molecular flexibility index (Phi) is 3.50. The summed E-state index contributed by atoms with van der Waals surface area (Å²) in [6.45, 7) is 0.930. The summed E-state index contributed by atoms with van der Waals surface area (Å²) in [6.07, 6.45) is 10.7. The minimum atomic E-state index is 0.397. The summed E-state index contributed by atoms with van der Waals surface area (Å²) in [4.78, 5) is 0.